The lowest BCUT2D eigenvalue weighted by atomic mass is 10.1. The highest BCUT2D eigenvalue weighted by Gasteiger charge is 2.30. The van der Waals surface area contributed by atoms with Crippen molar-refractivity contribution >= 4 is 11.9 Å². The van der Waals surface area contributed by atoms with E-state index in [-0.39, 0.29) is 23.0 Å². The lowest BCUT2D eigenvalue weighted by Gasteiger charge is -2.05. The molecule has 3 rings (SSSR count). The van der Waals surface area contributed by atoms with Gasteiger partial charge >= 0.3 is 12.2 Å². The van der Waals surface area contributed by atoms with E-state index in [0.717, 1.165) is 24.3 Å². The maximum absolute atomic E-state index is 12.8. The first-order valence-electron chi connectivity index (χ1n) is 6.91. The van der Waals surface area contributed by atoms with Crippen LogP contribution in [0.1, 0.15) is 15.9 Å². The van der Waals surface area contributed by atoms with Crippen LogP contribution in [0.25, 0.3) is 11.5 Å². The third-order valence-corrected chi connectivity index (χ3v) is 3.21. The summed E-state index contributed by atoms with van der Waals surface area (Å²) in [7, 11) is 0. The van der Waals surface area contributed by atoms with Crippen molar-refractivity contribution in [3.8, 4) is 11.5 Å². The number of hydrogen-bond acceptors (Lipinski definition) is 4. The minimum atomic E-state index is -4.44. The summed E-state index contributed by atoms with van der Waals surface area (Å²) in [4.78, 5) is 11.9. The molecule has 9 heteroatoms. The highest BCUT2D eigenvalue weighted by molar-refractivity contribution is 6.03. The highest BCUT2D eigenvalue weighted by Crippen LogP contribution is 2.30. The van der Waals surface area contributed by atoms with Crippen LogP contribution in [-0.4, -0.2) is 16.1 Å². The summed E-state index contributed by atoms with van der Waals surface area (Å²) >= 11 is 0. The summed E-state index contributed by atoms with van der Waals surface area (Å²) in [6.45, 7) is 0. The van der Waals surface area contributed by atoms with Gasteiger partial charge in [-0.3, -0.25) is 10.1 Å². The van der Waals surface area contributed by atoms with Crippen LogP contribution in [0.5, 0.6) is 0 Å². The molecular formula is C16H9F4N3O2. The molecule has 0 unspecified atom stereocenters. The molecule has 5 nitrogen and oxygen atoms in total. The first kappa shape index (κ1) is 16.6. The van der Waals surface area contributed by atoms with Gasteiger partial charge in [-0.15, -0.1) is 5.10 Å². The molecule has 1 aromatic heterocycles. The van der Waals surface area contributed by atoms with Gasteiger partial charge < -0.3 is 4.42 Å². The molecule has 128 valence electrons. The van der Waals surface area contributed by atoms with Crippen molar-refractivity contribution in [2.75, 3.05) is 5.32 Å². The molecule has 0 radical (unpaired) electrons. The van der Waals surface area contributed by atoms with Crippen molar-refractivity contribution < 1.29 is 26.8 Å². The molecule has 0 aliphatic carbocycles. The first-order chi connectivity index (χ1) is 11.8. The number of anilines is 1. The van der Waals surface area contributed by atoms with E-state index >= 15 is 0 Å². The van der Waals surface area contributed by atoms with Gasteiger partial charge in [-0.05, 0) is 48.5 Å². The second-order valence-corrected chi connectivity index (χ2v) is 4.95. The number of nitrogens with one attached hydrogen (secondary N) is 1. The van der Waals surface area contributed by atoms with Crippen molar-refractivity contribution in [1.29, 1.82) is 0 Å². The standard InChI is InChI=1S/C16H9F4N3O2/c17-12-7-3-9(4-8-12)13(24)21-15-23-22-14(25-15)10-1-5-11(6-2-10)16(18,19)20/h1-8H,(H,21,23,24). The third-order valence-electron chi connectivity index (χ3n) is 3.21. The number of carbonyl (C=O) groups is 1. The average molecular weight is 351 g/mol. The predicted octanol–water partition coefficient (Wildman–Crippen LogP) is 4.15. The molecule has 3 aromatic rings. The van der Waals surface area contributed by atoms with E-state index in [1.54, 1.807) is 0 Å². The second-order valence-electron chi connectivity index (χ2n) is 4.95. The average Bonchev–Trinajstić information content (AvgIpc) is 3.03. The van der Waals surface area contributed by atoms with Gasteiger partial charge in [0.25, 0.3) is 5.91 Å². The van der Waals surface area contributed by atoms with E-state index < -0.39 is 23.5 Å². The minimum absolute atomic E-state index is 0.0527. The van der Waals surface area contributed by atoms with Crippen molar-refractivity contribution in [2.45, 2.75) is 6.18 Å². The Hall–Kier alpha value is -3.23. The Morgan fingerprint density at radius 2 is 1.60 bits per heavy atom. The molecule has 0 spiro atoms. The van der Waals surface area contributed by atoms with Crippen molar-refractivity contribution in [1.82, 2.24) is 10.2 Å². The molecule has 0 atom stereocenters. The number of carbonyl (C=O) groups excluding carboxylic acids is 1. The van der Waals surface area contributed by atoms with Gasteiger partial charge in [0.15, 0.2) is 0 Å². The van der Waals surface area contributed by atoms with E-state index in [0.29, 0.717) is 0 Å². The Bertz CT molecular complexity index is 887. The van der Waals surface area contributed by atoms with Gasteiger partial charge in [0, 0.05) is 11.1 Å². The lowest BCUT2D eigenvalue weighted by molar-refractivity contribution is -0.137. The fourth-order valence-electron chi connectivity index (χ4n) is 1.96. The van der Waals surface area contributed by atoms with Crippen LogP contribution < -0.4 is 5.32 Å². The zero-order valence-corrected chi connectivity index (χ0v) is 12.3. The van der Waals surface area contributed by atoms with Gasteiger partial charge in [0.1, 0.15) is 5.82 Å². The molecule has 1 N–H and O–H groups in total. The molecule has 1 amide bonds. The predicted molar refractivity (Wildman–Crippen MR) is 79.1 cm³/mol. The number of rotatable bonds is 3. The molecule has 2 aromatic carbocycles. The smallest absolute Gasteiger partial charge is 0.403 e. The fraction of sp³-hybridized carbons (Fsp3) is 0.0625. The van der Waals surface area contributed by atoms with Crippen LogP contribution >= 0.6 is 0 Å². The van der Waals surface area contributed by atoms with Crippen molar-refractivity contribution in [2.24, 2.45) is 0 Å². The third kappa shape index (κ3) is 3.82. The number of amides is 1. The molecule has 0 aliphatic rings. The summed E-state index contributed by atoms with van der Waals surface area (Å²) in [5.41, 5.74) is -0.362. The van der Waals surface area contributed by atoms with Crippen molar-refractivity contribution in [3.63, 3.8) is 0 Å². The Morgan fingerprint density at radius 3 is 2.20 bits per heavy atom. The summed E-state index contributed by atoms with van der Waals surface area (Å²) in [5.74, 6) is -1.13. The second kappa shape index (κ2) is 6.34. The van der Waals surface area contributed by atoms with Gasteiger partial charge in [0.05, 0.1) is 5.56 Å². The van der Waals surface area contributed by atoms with E-state index in [1.807, 2.05) is 0 Å². The summed E-state index contributed by atoms with van der Waals surface area (Å²) in [6, 6.07) is 8.70. The molecule has 0 bridgehead atoms. The van der Waals surface area contributed by atoms with Crippen LogP contribution in [0.15, 0.2) is 52.9 Å². The van der Waals surface area contributed by atoms with Gasteiger partial charge in [0.2, 0.25) is 5.89 Å². The summed E-state index contributed by atoms with van der Waals surface area (Å²) in [6.07, 6.45) is -4.44. The summed E-state index contributed by atoms with van der Waals surface area (Å²) < 4.78 is 55.6. The minimum Gasteiger partial charge on any atom is -0.403 e. The monoisotopic (exact) mass is 351 g/mol. The Labute approximate surface area is 138 Å². The number of hydrogen-bond donors (Lipinski definition) is 1. The van der Waals surface area contributed by atoms with Crippen LogP contribution in [0, 0.1) is 5.82 Å². The molecule has 0 aliphatic heterocycles. The maximum Gasteiger partial charge on any atom is 0.416 e. The summed E-state index contributed by atoms with van der Waals surface area (Å²) in [5, 5.41) is 9.59. The molecular weight excluding hydrogens is 342 g/mol. The number of halogens is 4. The highest BCUT2D eigenvalue weighted by atomic mass is 19.4. The molecule has 0 saturated carbocycles. The largest absolute Gasteiger partial charge is 0.416 e. The number of nitrogens with zero attached hydrogens (tertiary/aromatic N) is 2. The van der Waals surface area contributed by atoms with E-state index in [4.69, 9.17) is 4.42 Å². The van der Waals surface area contributed by atoms with Crippen molar-refractivity contribution in [3.05, 3.63) is 65.5 Å². The number of aromatic nitrogens is 2. The molecule has 0 saturated heterocycles. The Balaban J connectivity index is 1.74. The number of benzene rings is 2. The molecule has 25 heavy (non-hydrogen) atoms. The van der Waals surface area contributed by atoms with E-state index in [2.05, 4.69) is 15.5 Å². The van der Waals surface area contributed by atoms with Gasteiger partial charge in [-0.1, -0.05) is 5.10 Å². The van der Waals surface area contributed by atoms with Crippen LogP contribution in [0.2, 0.25) is 0 Å². The first-order valence-corrected chi connectivity index (χ1v) is 6.91. The SMILES string of the molecule is O=C(Nc1nnc(-c2ccc(C(F)(F)F)cc2)o1)c1ccc(F)cc1. The lowest BCUT2D eigenvalue weighted by Crippen LogP contribution is -2.12. The zero-order chi connectivity index (χ0) is 18.0. The van der Waals surface area contributed by atoms with Crippen LogP contribution in [0.4, 0.5) is 23.6 Å². The van der Waals surface area contributed by atoms with Gasteiger partial charge in [-0.25, -0.2) is 4.39 Å². The normalized spacial score (nSPS) is 11.4. The molecule has 1 heterocycles. The van der Waals surface area contributed by atoms with E-state index in [9.17, 15) is 22.4 Å². The topological polar surface area (TPSA) is 68.0 Å². The zero-order valence-electron chi connectivity index (χ0n) is 12.3. The van der Waals surface area contributed by atoms with E-state index in [1.165, 1.54) is 24.3 Å². The van der Waals surface area contributed by atoms with Crippen LogP contribution in [0.3, 0.4) is 0 Å². The Kier molecular flexibility index (Phi) is 4.22. The van der Waals surface area contributed by atoms with Crippen LogP contribution in [-0.2, 0) is 6.18 Å². The Morgan fingerprint density at radius 1 is 0.960 bits per heavy atom. The quantitative estimate of drug-likeness (QED) is 0.720. The fourth-order valence-corrected chi connectivity index (χ4v) is 1.96. The molecule has 0 fully saturated rings. The number of alkyl halides is 3. The van der Waals surface area contributed by atoms with Gasteiger partial charge in [-0.2, -0.15) is 13.2 Å². The maximum atomic E-state index is 12.8.